The largest absolute Gasteiger partial charge is 0.508 e. The Balaban J connectivity index is 1.73. The molecule has 4 atom stereocenters. The first-order chi connectivity index (χ1) is 19.1. The number of rotatable bonds is 7. The van der Waals surface area contributed by atoms with Crippen LogP contribution in [0.25, 0.3) is 0 Å². The molecule has 0 spiro atoms. The quantitative estimate of drug-likeness (QED) is 0.212. The van der Waals surface area contributed by atoms with Crippen molar-refractivity contribution in [1.82, 2.24) is 21.3 Å². The lowest BCUT2D eigenvalue weighted by molar-refractivity contribution is -0.132. The fraction of sp³-hybridized carbons (Fsp3) is 0.321. The van der Waals surface area contributed by atoms with E-state index in [1.165, 1.54) is 12.1 Å². The van der Waals surface area contributed by atoms with Gasteiger partial charge in [0.05, 0.1) is 12.6 Å². The van der Waals surface area contributed by atoms with Gasteiger partial charge < -0.3 is 37.8 Å². The third-order valence-corrected chi connectivity index (χ3v) is 6.29. The maximum absolute atomic E-state index is 13.0. The average molecular weight is 551 g/mol. The number of phenols is 1. The van der Waals surface area contributed by atoms with Crippen LogP contribution < -0.4 is 32.7 Å². The number of hydrogen-bond donors (Lipinski definition) is 7. The van der Waals surface area contributed by atoms with Crippen LogP contribution in [0.3, 0.4) is 0 Å². The molecule has 212 valence electrons. The van der Waals surface area contributed by atoms with Gasteiger partial charge in [-0.15, -0.1) is 0 Å². The zero-order valence-electron chi connectivity index (χ0n) is 21.8. The van der Waals surface area contributed by atoms with Crippen LogP contribution in [-0.2, 0) is 36.8 Å². The Morgan fingerprint density at radius 2 is 1.60 bits per heavy atom. The van der Waals surface area contributed by atoms with Gasteiger partial charge in [0.2, 0.25) is 29.5 Å². The minimum absolute atomic E-state index is 0.0290. The Labute approximate surface area is 231 Å². The number of hydrogen-bond acceptors (Lipinski definition) is 7. The van der Waals surface area contributed by atoms with Crippen LogP contribution >= 0.6 is 0 Å². The standard InChI is InChI=1S/C28H34N6O6/c29-20(14-18-10-12-19(35)13-11-18)26(38)34-22-9-5-4-8-21(25(30)37)33-28(40)23(15-17-6-2-1-3-7-17)32-24(36)16-31-27(22)39/h1-7,10-13,20-23,35H,8-9,14-16,29H2,(H2,30,37)(H,31,39)(H,32,36)(H,33,40)(H,34,38)/b5-4-/t20-,21+,22+,23-/m0/s1. The minimum Gasteiger partial charge on any atom is -0.508 e. The molecule has 0 aromatic heterocycles. The van der Waals surface area contributed by atoms with E-state index < -0.39 is 60.2 Å². The second-order valence-electron chi connectivity index (χ2n) is 9.47. The number of benzene rings is 2. The van der Waals surface area contributed by atoms with Gasteiger partial charge in [-0.3, -0.25) is 24.0 Å². The van der Waals surface area contributed by atoms with Gasteiger partial charge in [-0.2, -0.15) is 0 Å². The van der Waals surface area contributed by atoms with Crippen LogP contribution in [-0.4, -0.2) is 65.4 Å². The van der Waals surface area contributed by atoms with Gasteiger partial charge in [0.1, 0.15) is 23.9 Å². The highest BCUT2D eigenvalue weighted by Gasteiger charge is 2.28. The number of phenolic OH excluding ortho intramolecular Hbond substituents is 1. The number of aromatic hydroxyl groups is 1. The molecule has 2 aromatic carbocycles. The van der Waals surface area contributed by atoms with Gasteiger partial charge >= 0.3 is 0 Å². The van der Waals surface area contributed by atoms with Gasteiger partial charge in [0.15, 0.2) is 0 Å². The second kappa shape index (κ2) is 14.4. The van der Waals surface area contributed by atoms with Crippen molar-refractivity contribution in [2.75, 3.05) is 6.54 Å². The molecule has 40 heavy (non-hydrogen) atoms. The molecule has 3 rings (SSSR count). The van der Waals surface area contributed by atoms with E-state index >= 15 is 0 Å². The first kappa shape index (κ1) is 29.8. The van der Waals surface area contributed by atoms with E-state index in [1.807, 2.05) is 6.07 Å². The first-order valence-corrected chi connectivity index (χ1v) is 12.8. The molecule has 9 N–H and O–H groups in total. The Morgan fingerprint density at radius 3 is 2.27 bits per heavy atom. The van der Waals surface area contributed by atoms with E-state index in [4.69, 9.17) is 11.5 Å². The van der Waals surface area contributed by atoms with Crippen LogP contribution in [0.1, 0.15) is 24.0 Å². The third kappa shape index (κ3) is 9.24. The molecule has 0 saturated heterocycles. The first-order valence-electron chi connectivity index (χ1n) is 12.8. The van der Waals surface area contributed by atoms with Gasteiger partial charge in [-0.1, -0.05) is 54.6 Å². The molecule has 12 heteroatoms. The lowest BCUT2D eigenvalue weighted by Crippen LogP contribution is -2.56. The summed E-state index contributed by atoms with van der Waals surface area (Å²) in [6.45, 7) is -0.452. The monoisotopic (exact) mass is 550 g/mol. The topological polar surface area (TPSA) is 206 Å². The smallest absolute Gasteiger partial charge is 0.243 e. The van der Waals surface area contributed by atoms with Crippen LogP contribution in [0.5, 0.6) is 5.75 Å². The third-order valence-electron chi connectivity index (χ3n) is 6.29. The molecule has 1 aliphatic heterocycles. The number of amides is 5. The fourth-order valence-electron chi connectivity index (χ4n) is 4.07. The van der Waals surface area contributed by atoms with Crippen LogP contribution in [0.15, 0.2) is 66.7 Å². The molecule has 2 aromatic rings. The zero-order chi connectivity index (χ0) is 29.1. The van der Waals surface area contributed by atoms with E-state index in [0.29, 0.717) is 0 Å². The summed E-state index contributed by atoms with van der Waals surface area (Å²) in [6.07, 6.45) is 3.53. The van der Waals surface area contributed by atoms with Crippen molar-refractivity contribution in [1.29, 1.82) is 0 Å². The summed E-state index contributed by atoms with van der Waals surface area (Å²) in [6, 6.07) is 11.1. The average Bonchev–Trinajstić information content (AvgIpc) is 2.93. The van der Waals surface area contributed by atoms with E-state index in [9.17, 15) is 29.1 Å². The Morgan fingerprint density at radius 1 is 0.925 bits per heavy atom. The predicted octanol–water partition coefficient (Wildman–Crippen LogP) is -1.09. The lowest BCUT2D eigenvalue weighted by Gasteiger charge is -2.23. The van der Waals surface area contributed by atoms with Crippen LogP contribution in [0.2, 0.25) is 0 Å². The lowest BCUT2D eigenvalue weighted by atomic mass is 10.0. The number of nitrogens with one attached hydrogen (secondary N) is 4. The molecule has 1 aliphatic rings. The van der Waals surface area contributed by atoms with Gasteiger partial charge in [-0.05, 0) is 42.5 Å². The highest BCUT2D eigenvalue weighted by molar-refractivity contribution is 5.94. The van der Waals surface area contributed by atoms with E-state index in [0.717, 1.165) is 11.1 Å². The summed E-state index contributed by atoms with van der Waals surface area (Å²) < 4.78 is 0. The molecular weight excluding hydrogens is 516 g/mol. The maximum Gasteiger partial charge on any atom is 0.243 e. The highest BCUT2D eigenvalue weighted by atomic mass is 16.3. The zero-order valence-corrected chi connectivity index (χ0v) is 21.8. The summed E-state index contributed by atoms with van der Waals surface area (Å²) in [5, 5.41) is 19.7. The van der Waals surface area contributed by atoms with E-state index in [1.54, 1.807) is 48.6 Å². The van der Waals surface area contributed by atoms with Crippen LogP contribution in [0, 0.1) is 0 Å². The summed E-state index contributed by atoms with van der Waals surface area (Å²) in [4.78, 5) is 63.4. The number of carbonyl (C=O) groups is 5. The molecule has 0 radical (unpaired) electrons. The molecule has 0 aliphatic carbocycles. The predicted molar refractivity (Wildman–Crippen MR) is 146 cm³/mol. The van der Waals surface area contributed by atoms with Gasteiger partial charge in [0, 0.05) is 6.42 Å². The minimum atomic E-state index is -1.06. The number of nitrogens with two attached hydrogens (primary N) is 2. The Kier molecular flexibility index (Phi) is 10.8. The van der Waals surface area contributed by atoms with Crippen molar-refractivity contribution in [2.24, 2.45) is 11.5 Å². The summed E-state index contributed by atoms with van der Waals surface area (Å²) in [5.74, 6) is -3.13. The Bertz CT molecular complexity index is 1230. The molecular formula is C28H34N6O6. The summed E-state index contributed by atoms with van der Waals surface area (Å²) >= 11 is 0. The van der Waals surface area contributed by atoms with Gasteiger partial charge in [-0.25, -0.2) is 0 Å². The summed E-state index contributed by atoms with van der Waals surface area (Å²) in [5.41, 5.74) is 13.0. The maximum atomic E-state index is 13.0. The molecule has 0 unspecified atom stereocenters. The fourth-order valence-corrected chi connectivity index (χ4v) is 4.07. The normalized spacial score (nSPS) is 22.0. The van der Waals surface area contributed by atoms with E-state index in [2.05, 4.69) is 21.3 Å². The van der Waals surface area contributed by atoms with Gasteiger partial charge in [0.25, 0.3) is 0 Å². The van der Waals surface area contributed by atoms with Crippen molar-refractivity contribution in [3.8, 4) is 5.75 Å². The molecule has 12 nitrogen and oxygen atoms in total. The Hall–Kier alpha value is -4.71. The van der Waals surface area contributed by atoms with Crippen molar-refractivity contribution < 1.29 is 29.1 Å². The number of carbonyl (C=O) groups excluding carboxylic acids is 5. The van der Waals surface area contributed by atoms with Crippen molar-refractivity contribution in [2.45, 2.75) is 49.9 Å². The number of primary amides is 1. The van der Waals surface area contributed by atoms with Crippen LogP contribution in [0.4, 0.5) is 0 Å². The molecule has 0 saturated carbocycles. The second-order valence-corrected chi connectivity index (χ2v) is 9.47. The summed E-state index contributed by atoms with van der Waals surface area (Å²) in [7, 11) is 0. The molecule has 0 fully saturated rings. The van der Waals surface area contributed by atoms with Crippen molar-refractivity contribution in [3.63, 3.8) is 0 Å². The van der Waals surface area contributed by atoms with Crippen molar-refractivity contribution >= 4 is 29.5 Å². The molecule has 1 heterocycles. The molecule has 5 amide bonds. The van der Waals surface area contributed by atoms with Crippen molar-refractivity contribution in [3.05, 3.63) is 77.9 Å². The van der Waals surface area contributed by atoms with E-state index in [-0.39, 0.29) is 31.4 Å². The highest BCUT2D eigenvalue weighted by Crippen LogP contribution is 2.11. The SMILES string of the molecule is NC(=O)[C@H]1C/C=C\C[C@@H](NC(=O)[C@@H](N)Cc2ccc(O)cc2)C(=O)NCC(=O)N[C@@H](Cc2ccccc2)C(=O)N1. The molecule has 0 bridgehead atoms.